The summed E-state index contributed by atoms with van der Waals surface area (Å²) in [6, 6.07) is 10.2. The molecule has 0 saturated carbocycles. The zero-order valence-electron chi connectivity index (χ0n) is 12.9. The Labute approximate surface area is 126 Å². The molecule has 1 heterocycles. The van der Waals surface area contributed by atoms with Gasteiger partial charge in [0.05, 0.1) is 5.52 Å². The molecule has 0 spiro atoms. The molecule has 1 amide bonds. The standard InChI is InChI=1S/C17H23N3O/c1-17(2,3)20-15(21)9-11-18-12-14-7-4-6-13-8-5-10-19-16(13)14/h4-8,10,18H,9,11-12H2,1-3H3,(H,20,21). The van der Waals surface area contributed by atoms with Gasteiger partial charge in [-0.3, -0.25) is 9.78 Å². The number of aromatic nitrogens is 1. The van der Waals surface area contributed by atoms with E-state index in [-0.39, 0.29) is 11.4 Å². The van der Waals surface area contributed by atoms with Crippen LogP contribution in [0.2, 0.25) is 0 Å². The zero-order chi connectivity index (χ0) is 15.3. The number of pyridine rings is 1. The third kappa shape index (κ3) is 4.83. The Morgan fingerprint density at radius 2 is 1.95 bits per heavy atom. The lowest BCUT2D eigenvalue weighted by molar-refractivity contribution is -0.122. The first-order valence-electron chi connectivity index (χ1n) is 7.30. The van der Waals surface area contributed by atoms with Crippen molar-refractivity contribution >= 4 is 16.8 Å². The predicted molar refractivity (Wildman–Crippen MR) is 86.0 cm³/mol. The Morgan fingerprint density at radius 3 is 2.71 bits per heavy atom. The van der Waals surface area contributed by atoms with Crippen molar-refractivity contribution in [3.63, 3.8) is 0 Å². The molecule has 112 valence electrons. The molecule has 2 aromatic rings. The van der Waals surface area contributed by atoms with Crippen LogP contribution < -0.4 is 10.6 Å². The Morgan fingerprint density at radius 1 is 1.19 bits per heavy atom. The largest absolute Gasteiger partial charge is 0.351 e. The van der Waals surface area contributed by atoms with Crippen molar-refractivity contribution in [1.29, 1.82) is 0 Å². The fourth-order valence-corrected chi connectivity index (χ4v) is 2.22. The highest BCUT2D eigenvalue weighted by molar-refractivity contribution is 5.81. The summed E-state index contributed by atoms with van der Waals surface area (Å²) < 4.78 is 0. The molecule has 2 rings (SSSR count). The molecule has 0 unspecified atom stereocenters. The van der Waals surface area contributed by atoms with Crippen molar-refractivity contribution in [2.45, 2.75) is 39.3 Å². The molecule has 0 fully saturated rings. The summed E-state index contributed by atoms with van der Waals surface area (Å²) >= 11 is 0. The molecule has 0 aliphatic carbocycles. The van der Waals surface area contributed by atoms with E-state index in [1.807, 2.05) is 39.1 Å². The van der Waals surface area contributed by atoms with Gasteiger partial charge in [0.1, 0.15) is 0 Å². The van der Waals surface area contributed by atoms with Crippen LogP contribution in [0.25, 0.3) is 10.9 Å². The third-order valence-corrected chi connectivity index (χ3v) is 3.07. The molecule has 0 bridgehead atoms. The van der Waals surface area contributed by atoms with Gasteiger partial charge in [-0.05, 0) is 32.4 Å². The van der Waals surface area contributed by atoms with Gasteiger partial charge in [0.25, 0.3) is 0 Å². The maximum atomic E-state index is 11.7. The predicted octanol–water partition coefficient (Wildman–Crippen LogP) is 2.63. The topological polar surface area (TPSA) is 54.0 Å². The highest BCUT2D eigenvalue weighted by Crippen LogP contribution is 2.15. The first-order chi connectivity index (χ1) is 9.96. The van der Waals surface area contributed by atoms with E-state index in [0.29, 0.717) is 13.0 Å². The summed E-state index contributed by atoms with van der Waals surface area (Å²) in [5, 5.41) is 7.41. The number of fused-ring (bicyclic) bond motifs is 1. The normalized spacial score (nSPS) is 11.6. The van der Waals surface area contributed by atoms with E-state index in [0.717, 1.165) is 23.0 Å². The van der Waals surface area contributed by atoms with Crippen LogP contribution in [0.3, 0.4) is 0 Å². The quantitative estimate of drug-likeness (QED) is 0.830. The number of hydrogen-bond acceptors (Lipinski definition) is 3. The average Bonchev–Trinajstić information content (AvgIpc) is 2.42. The lowest BCUT2D eigenvalue weighted by Crippen LogP contribution is -2.41. The number of rotatable bonds is 5. The molecule has 4 nitrogen and oxygen atoms in total. The molecule has 4 heteroatoms. The molecule has 21 heavy (non-hydrogen) atoms. The fraction of sp³-hybridized carbons (Fsp3) is 0.412. The van der Waals surface area contributed by atoms with Crippen molar-refractivity contribution in [2.75, 3.05) is 6.54 Å². The average molecular weight is 285 g/mol. The molecule has 0 radical (unpaired) electrons. The second-order valence-corrected chi connectivity index (χ2v) is 6.22. The number of hydrogen-bond donors (Lipinski definition) is 2. The Hall–Kier alpha value is -1.94. The van der Waals surface area contributed by atoms with Crippen LogP contribution in [0.4, 0.5) is 0 Å². The number of nitrogens with one attached hydrogen (secondary N) is 2. The molecule has 1 aromatic heterocycles. The van der Waals surface area contributed by atoms with Gasteiger partial charge in [0.2, 0.25) is 5.91 Å². The number of amides is 1. The van der Waals surface area contributed by atoms with Gasteiger partial charge in [-0.25, -0.2) is 0 Å². The van der Waals surface area contributed by atoms with Crippen LogP contribution in [0.15, 0.2) is 36.5 Å². The lowest BCUT2D eigenvalue weighted by atomic mass is 10.1. The molecular weight excluding hydrogens is 262 g/mol. The summed E-state index contributed by atoms with van der Waals surface area (Å²) in [5.74, 6) is 0.0750. The molecule has 2 N–H and O–H groups in total. The zero-order valence-corrected chi connectivity index (χ0v) is 12.9. The monoisotopic (exact) mass is 285 g/mol. The van der Waals surface area contributed by atoms with Gasteiger partial charge in [-0.2, -0.15) is 0 Å². The van der Waals surface area contributed by atoms with Crippen LogP contribution in [0.5, 0.6) is 0 Å². The Kier molecular flexibility index (Phi) is 4.91. The number of carbonyl (C=O) groups excluding carboxylic acids is 1. The Balaban J connectivity index is 1.84. The number of para-hydroxylation sites is 1. The number of benzene rings is 1. The first kappa shape index (κ1) is 15.4. The fourth-order valence-electron chi connectivity index (χ4n) is 2.22. The maximum absolute atomic E-state index is 11.7. The van der Waals surface area contributed by atoms with Gasteiger partial charge in [0, 0.05) is 36.6 Å². The third-order valence-electron chi connectivity index (χ3n) is 3.07. The molecule has 0 aliphatic heterocycles. The highest BCUT2D eigenvalue weighted by Gasteiger charge is 2.12. The second-order valence-electron chi connectivity index (χ2n) is 6.22. The molecule has 0 saturated heterocycles. The van der Waals surface area contributed by atoms with Crippen molar-refractivity contribution in [3.8, 4) is 0 Å². The molecule has 1 aromatic carbocycles. The van der Waals surface area contributed by atoms with E-state index in [9.17, 15) is 4.79 Å². The van der Waals surface area contributed by atoms with E-state index in [4.69, 9.17) is 0 Å². The van der Waals surface area contributed by atoms with Gasteiger partial charge in [-0.15, -0.1) is 0 Å². The minimum atomic E-state index is -0.170. The lowest BCUT2D eigenvalue weighted by Gasteiger charge is -2.20. The Bertz CT molecular complexity index is 611. The van der Waals surface area contributed by atoms with Crippen LogP contribution in [0.1, 0.15) is 32.8 Å². The maximum Gasteiger partial charge on any atom is 0.221 e. The van der Waals surface area contributed by atoms with Crippen LogP contribution in [-0.2, 0) is 11.3 Å². The minimum Gasteiger partial charge on any atom is -0.351 e. The molecular formula is C17H23N3O. The van der Waals surface area contributed by atoms with Crippen molar-refractivity contribution in [1.82, 2.24) is 15.6 Å². The van der Waals surface area contributed by atoms with Crippen molar-refractivity contribution < 1.29 is 4.79 Å². The summed E-state index contributed by atoms with van der Waals surface area (Å²) in [6.45, 7) is 7.34. The van der Waals surface area contributed by atoms with Crippen molar-refractivity contribution in [2.24, 2.45) is 0 Å². The van der Waals surface area contributed by atoms with E-state index >= 15 is 0 Å². The number of carbonyl (C=O) groups is 1. The van der Waals surface area contributed by atoms with Gasteiger partial charge >= 0.3 is 0 Å². The van der Waals surface area contributed by atoms with E-state index < -0.39 is 0 Å². The summed E-state index contributed by atoms with van der Waals surface area (Å²) in [7, 11) is 0. The van der Waals surface area contributed by atoms with Gasteiger partial charge in [0.15, 0.2) is 0 Å². The molecule has 0 aliphatic rings. The summed E-state index contributed by atoms with van der Waals surface area (Å²) in [4.78, 5) is 16.1. The second kappa shape index (κ2) is 6.68. The van der Waals surface area contributed by atoms with E-state index in [1.165, 1.54) is 0 Å². The van der Waals surface area contributed by atoms with Gasteiger partial charge in [-0.1, -0.05) is 24.3 Å². The van der Waals surface area contributed by atoms with Crippen LogP contribution in [0, 0.1) is 0 Å². The van der Waals surface area contributed by atoms with Crippen LogP contribution in [-0.4, -0.2) is 23.0 Å². The number of nitrogens with zero attached hydrogens (tertiary/aromatic N) is 1. The van der Waals surface area contributed by atoms with Crippen LogP contribution >= 0.6 is 0 Å². The van der Waals surface area contributed by atoms with E-state index in [2.05, 4.69) is 33.8 Å². The summed E-state index contributed by atoms with van der Waals surface area (Å²) in [5.41, 5.74) is 2.01. The minimum absolute atomic E-state index is 0.0750. The first-order valence-corrected chi connectivity index (χ1v) is 7.30. The smallest absolute Gasteiger partial charge is 0.221 e. The van der Waals surface area contributed by atoms with Gasteiger partial charge < -0.3 is 10.6 Å². The highest BCUT2D eigenvalue weighted by atomic mass is 16.1. The SMILES string of the molecule is CC(C)(C)NC(=O)CCNCc1cccc2cccnc12. The van der Waals surface area contributed by atoms with E-state index in [1.54, 1.807) is 0 Å². The molecule has 0 atom stereocenters. The van der Waals surface area contributed by atoms with Crippen molar-refractivity contribution in [3.05, 3.63) is 42.1 Å². The summed E-state index contributed by atoms with van der Waals surface area (Å²) in [6.07, 6.45) is 2.29.